The number of halogens is 1. The van der Waals surface area contributed by atoms with Crippen LogP contribution in [0.15, 0.2) is 24.3 Å². The Kier molecular flexibility index (Phi) is 6.69. The lowest BCUT2D eigenvalue weighted by Crippen LogP contribution is -2.32. The second-order valence-electron chi connectivity index (χ2n) is 5.05. The number of nitrogens with zero attached hydrogens (tertiary/aromatic N) is 1. The first-order valence-corrected chi connectivity index (χ1v) is 7.09. The summed E-state index contributed by atoms with van der Waals surface area (Å²) in [7, 11) is 2.16. The molecule has 0 aromatic heterocycles. The van der Waals surface area contributed by atoms with Crippen molar-refractivity contribution in [1.29, 1.82) is 0 Å². The lowest BCUT2D eigenvalue weighted by atomic mass is 10.1. The predicted octanol–water partition coefficient (Wildman–Crippen LogP) is 3.58. The summed E-state index contributed by atoms with van der Waals surface area (Å²) in [4.78, 5) is 2.36. The standard InChI is InChI=1S/C15H25ClN2/c1-5-17-10-12(2)11-18(4)13(3)14-8-6-7-9-15(14)16/h6-9,12-13,17H,5,10-11H2,1-4H3. The van der Waals surface area contributed by atoms with Crippen LogP contribution >= 0.6 is 11.6 Å². The van der Waals surface area contributed by atoms with Gasteiger partial charge in [-0.2, -0.15) is 0 Å². The molecule has 0 aliphatic heterocycles. The first-order chi connectivity index (χ1) is 8.56. The minimum absolute atomic E-state index is 0.350. The van der Waals surface area contributed by atoms with Gasteiger partial charge in [0, 0.05) is 17.6 Å². The molecule has 102 valence electrons. The molecule has 2 atom stereocenters. The lowest BCUT2D eigenvalue weighted by Gasteiger charge is -2.28. The quantitative estimate of drug-likeness (QED) is 0.813. The maximum atomic E-state index is 6.24. The highest BCUT2D eigenvalue weighted by atomic mass is 35.5. The van der Waals surface area contributed by atoms with E-state index in [1.165, 1.54) is 5.56 Å². The summed E-state index contributed by atoms with van der Waals surface area (Å²) < 4.78 is 0. The van der Waals surface area contributed by atoms with E-state index in [1.807, 2.05) is 18.2 Å². The van der Waals surface area contributed by atoms with E-state index in [0.29, 0.717) is 12.0 Å². The van der Waals surface area contributed by atoms with Crippen molar-refractivity contribution in [2.75, 3.05) is 26.7 Å². The lowest BCUT2D eigenvalue weighted by molar-refractivity contribution is 0.224. The number of hydrogen-bond donors (Lipinski definition) is 1. The molecule has 0 saturated heterocycles. The maximum Gasteiger partial charge on any atom is 0.0453 e. The zero-order chi connectivity index (χ0) is 13.5. The van der Waals surface area contributed by atoms with Crippen LogP contribution < -0.4 is 5.32 Å². The predicted molar refractivity (Wildman–Crippen MR) is 80.2 cm³/mol. The molecule has 18 heavy (non-hydrogen) atoms. The highest BCUT2D eigenvalue weighted by molar-refractivity contribution is 6.31. The van der Waals surface area contributed by atoms with E-state index in [0.717, 1.165) is 24.7 Å². The number of rotatable bonds is 7. The highest BCUT2D eigenvalue weighted by Crippen LogP contribution is 2.26. The molecular weight excluding hydrogens is 244 g/mol. The van der Waals surface area contributed by atoms with E-state index in [2.05, 4.69) is 44.1 Å². The Morgan fingerprint density at radius 2 is 1.94 bits per heavy atom. The topological polar surface area (TPSA) is 15.3 Å². The Hall–Kier alpha value is -0.570. The van der Waals surface area contributed by atoms with Crippen molar-refractivity contribution < 1.29 is 0 Å². The number of benzene rings is 1. The summed E-state index contributed by atoms with van der Waals surface area (Å²) in [6.45, 7) is 9.80. The minimum Gasteiger partial charge on any atom is -0.317 e. The summed E-state index contributed by atoms with van der Waals surface area (Å²) in [6, 6.07) is 8.45. The van der Waals surface area contributed by atoms with Crippen molar-refractivity contribution in [3.63, 3.8) is 0 Å². The monoisotopic (exact) mass is 268 g/mol. The van der Waals surface area contributed by atoms with Crippen molar-refractivity contribution in [1.82, 2.24) is 10.2 Å². The normalized spacial score (nSPS) is 14.8. The fraction of sp³-hybridized carbons (Fsp3) is 0.600. The average Bonchev–Trinajstić information content (AvgIpc) is 2.36. The molecule has 0 heterocycles. The largest absolute Gasteiger partial charge is 0.317 e. The molecule has 3 heteroatoms. The molecule has 0 aliphatic carbocycles. The van der Waals surface area contributed by atoms with Crippen molar-refractivity contribution in [2.45, 2.75) is 26.8 Å². The van der Waals surface area contributed by atoms with Crippen LogP contribution in [0.3, 0.4) is 0 Å². The van der Waals surface area contributed by atoms with Gasteiger partial charge in [-0.1, -0.05) is 43.6 Å². The van der Waals surface area contributed by atoms with Gasteiger partial charge in [0.1, 0.15) is 0 Å². The zero-order valence-corrected chi connectivity index (χ0v) is 12.7. The molecule has 1 aromatic carbocycles. The smallest absolute Gasteiger partial charge is 0.0453 e. The van der Waals surface area contributed by atoms with E-state index in [1.54, 1.807) is 0 Å². The van der Waals surface area contributed by atoms with Gasteiger partial charge in [-0.15, -0.1) is 0 Å². The highest BCUT2D eigenvalue weighted by Gasteiger charge is 2.16. The molecule has 0 radical (unpaired) electrons. The van der Waals surface area contributed by atoms with Crippen LogP contribution in [-0.2, 0) is 0 Å². The van der Waals surface area contributed by atoms with Crippen molar-refractivity contribution in [2.24, 2.45) is 5.92 Å². The zero-order valence-electron chi connectivity index (χ0n) is 11.9. The second kappa shape index (κ2) is 7.78. The molecule has 1 aromatic rings. The van der Waals surface area contributed by atoms with Crippen LogP contribution in [0.4, 0.5) is 0 Å². The third kappa shape index (κ3) is 4.60. The number of nitrogens with one attached hydrogen (secondary N) is 1. The molecule has 0 saturated carbocycles. The van der Waals surface area contributed by atoms with Gasteiger partial charge in [-0.3, -0.25) is 4.90 Å². The van der Waals surface area contributed by atoms with Gasteiger partial charge >= 0.3 is 0 Å². The molecule has 0 bridgehead atoms. The number of hydrogen-bond acceptors (Lipinski definition) is 2. The van der Waals surface area contributed by atoms with Gasteiger partial charge in [-0.25, -0.2) is 0 Å². The summed E-state index contributed by atoms with van der Waals surface area (Å²) >= 11 is 6.24. The van der Waals surface area contributed by atoms with Gasteiger partial charge in [0.2, 0.25) is 0 Å². The van der Waals surface area contributed by atoms with Gasteiger partial charge in [-0.05, 0) is 44.6 Å². The average molecular weight is 269 g/mol. The van der Waals surface area contributed by atoms with Gasteiger partial charge in [0.15, 0.2) is 0 Å². The Morgan fingerprint density at radius 3 is 2.56 bits per heavy atom. The van der Waals surface area contributed by atoms with Gasteiger partial charge in [0.25, 0.3) is 0 Å². The Morgan fingerprint density at radius 1 is 1.28 bits per heavy atom. The Labute approximate surface area is 116 Å². The van der Waals surface area contributed by atoms with E-state index >= 15 is 0 Å². The molecule has 1 rings (SSSR count). The van der Waals surface area contributed by atoms with Crippen LogP contribution in [0, 0.1) is 5.92 Å². The van der Waals surface area contributed by atoms with Crippen LogP contribution in [0.2, 0.25) is 5.02 Å². The van der Waals surface area contributed by atoms with Crippen molar-refractivity contribution >= 4 is 11.6 Å². The minimum atomic E-state index is 0.350. The van der Waals surface area contributed by atoms with E-state index in [4.69, 9.17) is 11.6 Å². The first-order valence-electron chi connectivity index (χ1n) is 6.71. The molecule has 2 nitrogen and oxygen atoms in total. The van der Waals surface area contributed by atoms with E-state index in [-0.39, 0.29) is 0 Å². The van der Waals surface area contributed by atoms with Gasteiger partial charge < -0.3 is 5.32 Å². The molecule has 1 N–H and O–H groups in total. The maximum absolute atomic E-state index is 6.24. The van der Waals surface area contributed by atoms with E-state index < -0.39 is 0 Å². The Bertz CT molecular complexity index is 354. The van der Waals surface area contributed by atoms with Crippen molar-refractivity contribution in [3.05, 3.63) is 34.9 Å². The van der Waals surface area contributed by atoms with Crippen LogP contribution in [0.5, 0.6) is 0 Å². The molecule has 0 amide bonds. The second-order valence-corrected chi connectivity index (χ2v) is 5.46. The third-order valence-electron chi connectivity index (χ3n) is 3.36. The van der Waals surface area contributed by atoms with Crippen LogP contribution in [-0.4, -0.2) is 31.6 Å². The van der Waals surface area contributed by atoms with Crippen LogP contribution in [0.1, 0.15) is 32.4 Å². The summed E-state index contributed by atoms with van der Waals surface area (Å²) in [6.07, 6.45) is 0. The van der Waals surface area contributed by atoms with Crippen molar-refractivity contribution in [3.8, 4) is 0 Å². The van der Waals surface area contributed by atoms with Crippen LogP contribution in [0.25, 0.3) is 0 Å². The SMILES string of the molecule is CCNCC(C)CN(C)C(C)c1ccccc1Cl. The fourth-order valence-corrected chi connectivity index (χ4v) is 2.45. The molecule has 2 unspecified atom stereocenters. The first kappa shape index (κ1) is 15.5. The van der Waals surface area contributed by atoms with E-state index in [9.17, 15) is 0 Å². The summed E-state index contributed by atoms with van der Waals surface area (Å²) in [5, 5.41) is 4.25. The Balaban J connectivity index is 2.56. The fourth-order valence-electron chi connectivity index (χ4n) is 2.16. The molecule has 0 spiro atoms. The summed E-state index contributed by atoms with van der Waals surface area (Å²) in [5.41, 5.74) is 1.21. The summed E-state index contributed by atoms with van der Waals surface area (Å²) in [5.74, 6) is 0.639. The van der Waals surface area contributed by atoms with Gasteiger partial charge in [0.05, 0.1) is 0 Å². The third-order valence-corrected chi connectivity index (χ3v) is 3.70. The molecular formula is C15H25ClN2. The molecule has 0 fully saturated rings. The molecule has 0 aliphatic rings.